The Morgan fingerprint density at radius 3 is 2.67 bits per heavy atom. The minimum Gasteiger partial charge on any atom is -0.355 e. The number of hydrogen-bond acceptors (Lipinski definition) is 2. The number of nitrogens with zero attached hydrogens (tertiary/aromatic N) is 2. The Morgan fingerprint density at radius 2 is 2.19 bits per heavy atom. The number of thiophene rings is 1. The Bertz CT molecular complexity index is 466. The molecule has 1 N–H and O–H groups in total. The predicted molar refractivity (Wildman–Crippen MR) is 104 cm³/mol. The van der Waals surface area contributed by atoms with E-state index in [0.29, 0.717) is 5.41 Å². The van der Waals surface area contributed by atoms with Crippen molar-refractivity contribution in [2.45, 2.75) is 39.5 Å². The lowest BCUT2D eigenvalue weighted by molar-refractivity contribution is 0.367. The van der Waals surface area contributed by atoms with Crippen LogP contribution < -0.4 is 5.32 Å². The summed E-state index contributed by atoms with van der Waals surface area (Å²) in [5, 5.41) is 5.71. The summed E-state index contributed by atoms with van der Waals surface area (Å²) in [6.07, 6.45) is 1.24. The lowest BCUT2D eigenvalue weighted by Crippen LogP contribution is -2.45. The van der Waals surface area contributed by atoms with Gasteiger partial charge >= 0.3 is 0 Å². The molecule has 1 saturated heterocycles. The van der Waals surface area contributed by atoms with Gasteiger partial charge in [0.15, 0.2) is 5.96 Å². The van der Waals surface area contributed by atoms with Crippen LogP contribution in [-0.2, 0) is 5.41 Å². The van der Waals surface area contributed by atoms with Crippen LogP contribution in [0, 0.1) is 5.41 Å². The molecule has 1 fully saturated rings. The van der Waals surface area contributed by atoms with Gasteiger partial charge in [0.05, 0.1) is 0 Å². The summed E-state index contributed by atoms with van der Waals surface area (Å²) in [5.74, 6) is 1.04. The standard InChI is InChI=1S/C16H27N3S.HI/c1-15(2)8-9-19(12-15)14(17-5)18-11-16(3,4)13-7-6-10-20-13;/h6-7,10H,8-9,11-12H2,1-5H3,(H,17,18);1H. The van der Waals surface area contributed by atoms with Crippen molar-refractivity contribution in [3.05, 3.63) is 22.4 Å². The van der Waals surface area contributed by atoms with Crippen molar-refractivity contribution in [1.82, 2.24) is 10.2 Å². The summed E-state index contributed by atoms with van der Waals surface area (Å²) >= 11 is 1.83. The Labute approximate surface area is 150 Å². The number of hydrogen-bond donors (Lipinski definition) is 1. The van der Waals surface area contributed by atoms with Gasteiger partial charge in [-0.05, 0) is 23.3 Å². The van der Waals surface area contributed by atoms with E-state index < -0.39 is 0 Å². The van der Waals surface area contributed by atoms with E-state index in [0.717, 1.165) is 25.6 Å². The minimum atomic E-state index is 0. The lowest BCUT2D eigenvalue weighted by Gasteiger charge is -2.28. The van der Waals surface area contributed by atoms with Crippen molar-refractivity contribution < 1.29 is 0 Å². The van der Waals surface area contributed by atoms with Gasteiger partial charge in [-0.1, -0.05) is 33.8 Å². The summed E-state index contributed by atoms with van der Waals surface area (Å²) in [7, 11) is 1.88. The lowest BCUT2D eigenvalue weighted by atomic mass is 9.91. The Hall–Kier alpha value is -0.300. The molecule has 0 bridgehead atoms. The van der Waals surface area contributed by atoms with Crippen LogP contribution in [0.1, 0.15) is 39.0 Å². The minimum absolute atomic E-state index is 0. The highest BCUT2D eigenvalue weighted by Gasteiger charge is 2.31. The molecule has 0 unspecified atom stereocenters. The Kier molecular flexibility index (Phi) is 6.53. The molecule has 0 radical (unpaired) electrons. The van der Waals surface area contributed by atoms with Crippen molar-refractivity contribution in [3.63, 3.8) is 0 Å². The van der Waals surface area contributed by atoms with Gasteiger partial charge in [0, 0.05) is 37.0 Å². The van der Waals surface area contributed by atoms with Crippen LogP contribution >= 0.6 is 35.3 Å². The van der Waals surface area contributed by atoms with Crippen LogP contribution in [0.4, 0.5) is 0 Å². The topological polar surface area (TPSA) is 27.6 Å². The molecule has 2 rings (SSSR count). The zero-order valence-corrected chi connectivity index (χ0v) is 16.9. The molecule has 0 saturated carbocycles. The van der Waals surface area contributed by atoms with Crippen LogP contribution in [0.15, 0.2) is 22.5 Å². The van der Waals surface area contributed by atoms with E-state index in [4.69, 9.17) is 0 Å². The number of aliphatic imine (C=N–C) groups is 1. The third kappa shape index (κ3) is 4.84. The van der Waals surface area contributed by atoms with Crippen LogP contribution in [0.25, 0.3) is 0 Å². The highest BCUT2D eigenvalue weighted by Crippen LogP contribution is 2.29. The average Bonchev–Trinajstić information content (AvgIpc) is 3.00. The van der Waals surface area contributed by atoms with E-state index in [9.17, 15) is 0 Å². The van der Waals surface area contributed by atoms with Crippen LogP contribution in [0.3, 0.4) is 0 Å². The Balaban J connectivity index is 0.00000220. The van der Waals surface area contributed by atoms with Crippen molar-refractivity contribution in [2.24, 2.45) is 10.4 Å². The van der Waals surface area contributed by atoms with Gasteiger partial charge in [-0.15, -0.1) is 35.3 Å². The molecule has 5 heteroatoms. The molecule has 1 aromatic rings. The zero-order chi connectivity index (χ0) is 14.8. The fourth-order valence-electron chi connectivity index (χ4n) is 2.68. The number of guanidine groups is 1. The summed E-state index contributed by atoms with van der Waals surface area (Å²) in [6, 6.07) is 4.34. The maximum absolute atomic E-state index is 4.45. The maximum atomic E-state index is 4.45. The summed E-state index contributed by atoms with van der Waals surface area (Å²) in [6.45, 7) is 12.3. The van der Waals surface area contributed by atoms with Crippen molar-refractivity contribution in [2.75, 3.05) is 26.7 Å². The molecule has 21 heavy (non-hydrogen) atoms. The van der Waals surface area contributed by atoms with E-state index in [2.05, 4.69) is 60.4 Å². The summed E-state index contributed by atoms with van der Waals surface area (Å²) in [4.78, 5) is 8.25. The van der Waals surface area contributed by atoms with Crippen molar-refractivity contribution in [1.29, 1.82) is 0 Å². The highest BCUT2D eigenvalue weighted by atomic mass is 127. The molecule has 0 atom stereocenters. The molecular formula is C16H28IN3S. The molecule has 1 aliphatic rings. The van der Waals surface area contributed by atoms with Gasteiger partial charge in [0.25, 0.3) is 0 Å². The fourth-order valence-corrected chi connectivity index (χ4v) is 3.53. The second kappa shape index (κ2) is 7.31. The van der Waals surface area contributed by atoms with Crippen LogP contribution in [-0.4, -0.2) is 37.5 Å². The predicted octanol–water partition coefficient (Wildman–Crippen LogP) is 3.95. The average molecular weight is 421 g/mol. The second-order valence-electron chi connectivity index (χ2n) is 7.10. The normalized spacial score (nSPS) is 18.5. The van der Waals surface area contributed by atoms with Crippen LogP contribution in [0.5, 0.6) is 0 Å². The van der Waals surface area contributed by atoms with E-state index >= 15 is 0 Å². The van der Waals surface area contributed by atoms with Crippen molar-refractivity contribution >= 4 is 41.3 Å². The largest absolute Gasteiger partial charge is 0.355 e. The third-order valence-corrected chi connectivity index (χ3v) is 5.30. The first-order valence-corrected chi connectivity index (χ1v) is 8.22. The molecule has 1 aromatic heterocycles. The van der Waals surface area contributed by atoms with Gasteiger partial charge in [-0.2, -0.15) is 0 Å². The molecule has 120 valence electrons. The zero-order valence-electron chi connectivity index (χ0n) is 13.8. The van der Waals surface area contributed by atoms with Crippen molar-refractivity contribution in [3.8, 4) is 0 Å². The van der Waals surface area contributed by atoms with Gasteiger partial charge in [0.2, 0.25) is 0 Å². The third-order valence-electron chi connectivity index (χ3n) is 4.07. The monoisotopic (exact) mass is 421 g/mol. The maximum Gasteiger partial charge on any atom is 0.193 e. The first kappa shape index (κ1) is 18.7. The highest BCUT2D eigenvalue weighted by molar-refractivity contribution is 14.0. The Morgan fingerprint density at radius 1 is 1.48 bits per heavy atom. The molecule has 1 aliphatic heterocycles. The first-order valence-electron chi connectivity index (χ1n) is 7.34. The molecule has 0 spiro atoms. The summed E-state index contributed by atoms with van der Waals surface area (Å²) in [5.41, 5.74) is 0.542. The smallest absolute Gasteiger partial charge is 0.193 e. The molecular weight excluding hydrogens is 393 g/mol. The number of rotatable bonds is 3. The van der Waals surface area contributed by atoms with E-state index in [1.807, 2.05) is 18.4 Å². The van der Waals surface area contributed by atoms with Gasteiger partial charge in [0.1, 0.15) is 0 Å². The molecule has 0 amide bonds. The molecule has 3 nitrogen and oxygen atoms in total. The number of nitrogens with one attached hydrogen (secondary N) is 1. The van der Waals surface area contributed by atoms with Crippen LogP contribution in [0.2, 0.25) is 0 Å². The number of likely N-dealkylation sites (tertiary alicyclic amines) is 1. The van der Waals surface area contributed by atoms with Gasteiger partial charge in [-0.25, -0.2) is 0 Å². The molecule has 0 aliphatic carbocycles. The molecule has 0 aromatic carbocycles. The first-order chi connectivity index (χ1) is 9.34. The summed E-state index contributed by atoms with van der Waals surface area (Å²) < 4.78 is 0. The molecule has 2 heterocycles. The van der Waals surface area contributed by atoms with E-state index in [1.54, 1.807) is 0 Å². The van der Waals surface area contributed by atoms with E-state index in [-0.39, 0.29) is 29.4 Å². The fraction of sp³-hybridized carbons (Fsp3) is 0.688. The van der Waals surface area contributed by atoms with Gasteiger partial charge in [-0.3, -0.25) is 4.99 Å². The SMILES string of the molecule is CN=C(NCC(C)(C)c1cccs1)N1CCC(C)(C)C1.I. The van der Waals surface area contributed by atoms with E-state index in [1.165, 1.54) is 11.3 Å². The van der Waals surface area contributed by atoms with Gasteiger partial charge < -0.3 is 10.2 Å². The quantitative estimate of drug-likeness (QED) is 0.455. The second-order valence-corrected chi connectivity index (χ2v) is 8.05. The number of halogens is 1.